The van der Waals surface area contributed by atoms with Gasteiger partial charge in [-0.3, -0.25) is 9.97 Å². The lowest BCUT2D eigenvalue weighted by Gasteiger charge is -2.61. The molecule has 6 heteroatoms. The Kier molecular flexibility index (Phi) is 9.72. The van der Waals surface area contributed by atoms with Crippen LogP contribution in [0.2, 0.25) is 0 Å². The molecule has 6 aliphatic carbocycles. The second-order valence-electron chi connectivity index (χ2n) is 24.9. The Hall–Kier alpha value is -3.42. The lowest BCUT2D eigenvalue weighted by atomic mass is 9.53. The van der Waals surface area contributed by atoms with Gasteiger partial charge in [0.2, 0.25) is 0 Å². The first-order valence-electron chi connectivity index (χ1n) is 26.7. The van der Waals surface area contributed by atoms with Gasteiger partial charge in [0, 0.05) is 47.6 Å². The van der Waals surface area contributed by atoms with Gasteiger partial charge in [-0.25, -0.2) is 0 Å². The number of allylic oxidation sites excluding steroid dienone is 1. The largest absolute Gasteiger partial charge is 0.368 e. The fraction of sp³-hybridized carbons (Fsp3) is 0.633. The summed E-state index contributed by atoms with van der Waals surface area (Å²) < 4.78 is 15.0. The van der Waals surface area contributed by atoms with Crippen LogP contribution in [0, 0.1) is 34.5 Å². The van der Waals surface area contributed by atoms with Gasteiger partial charge >= 0.3 is 0 Å². The van der Waals surface area contributed by atoms with Crippen molar-refractivity contribution < 1.29 is 9.47 Å². The molecule has 4 unspecified atom stereocenters. The minimum absolute atomic E-state index is 0.00448. The van der Waals surface area contributed by atoms with Crippen LogP contribution in [-0.4, -0.2) is 82.4 Å². The average molecular weight is 885 g/mol. The summed E-state index contributed by atoms with van der Waals surface area (Å²) in [5.74, 6) is 4.18. The lowest BCUT2D eigenvalue weighted by molar-refractivity contribution is -0.260. The molecule has 2 aromatic carbocycles. The van der Waals surface area contributed by atoms with Crippen LogP contribution in [0.5, 0.6) is 0 Å². The van der Waals surface area contributed by atoms with E-state index in [1.165, 1.54) is 148 Å². The molecule has 6 nitrogen and oxygen atoms in total. The summed E-state index contributed by atoms with van der Waals surface area (Å²) in [6, 6.07) is 19.9. The average Bonchev–Trinajstić information content (AvgIpc) is 4.06. The second-order valence-corrected chi connectivity index (χ2v) is 24.9. The van der Waals surface area contributed by atoms with E-state index in [0.29, 0.717) is 35.3 Å². The third kappa shape index (κ3) is 6.05. The fourth-order valence-electron chi connectivity index (χ4n) is 18.6. The van der Waals surface area contributed by atoms with Crippen molar-refractivity contribution in [3.8, 4) is 0 Å². The van der Waals surface area contributed by atoms with Crippen LogP contribution in [0.25, 0.3) is 21.5 Å². The molecule has 348 valence electrons. The monoisotopic (exact) mass is 885 g/mol. The maximum atomic E-state index is 7.56. The molecule has 2 aromatic heterocycles. The summed E-state index contributed by atoms with van der Waals surface area (Å²) in [5, 5.41) is 5.16. The predicted octanol–water partition coefficient (Wildman–Crippen LogP) is 13.0. The summed E-state index contributed by atoms with van der Waals surface area (Å²) in [5.41, 5.74) is 7.06. The SMILES string of the molecule is CN(C)C1CCC2=CC3=CC[C@]4(C)[C@@H](c5ccc6ccncc6c5)CC[C@H]4[C@@]34CC[C@]2(C1)O4.CN(C)C1CCC2CC3CC[C@]4(C)[C@@H](c5ccc6ccncc6c5)CC[C@H]4[C@@]34CC[C@]2(C1)O4. The molecule has 10 aliphatic rings. The number of pyridine rings is 2. The number of rotatable bonds is 4. The summed E-state index contributed by atoms with van der Waals surface area (Å²) in [6.45, 7) is 5.21. The van der Waals surface area contributed by atoms with Crippen molar-refractivity contribution in [2.75, 3.05) is 28.2 Å². The van der Waals surface area contributed by atoms with E-state index in [4.69, 9.17) is 9.47 Å². The molecule has 6 heterocycles. The Labute approximate surface area is 395 Å². The van der Waals surface area contributed by atoms with Gasteiger partial charge in [-0.1, -0.05) is 50.3 Å². The quantitative estimate of drug-likeness (QED) is 0.204. The van der Waals surface area contributed by atoms with E-state index in [-0.39, 0.29) is 27.8 Å². The molecule has 4 bridgehead atoms. The molecule has 0 N–H and O–H groups in total. The first-order chi connectivity index (χ1) is 31.9. The standard InChI is InChI=1S/C30H40N2O.C30H36N2O/c2*1-28-12-10-24-17-23-6-7-25(32(2)3)18-29(23)13-14-30(24,33-29)27(28)9-8-26(28)21-5-4-20-11-15-31-19-22(20)16-21/h4-5,11,15-16,19,23-27H,6-10,12-14,17-18H2,1-3H3;4-5,10-11,15-17,19,25-27H,6-9,12-14,18H2,1-3H3/t23?,24?,25?,26-,27-,28-,29-,30-;25?,26-,27-,28-,29-,30-/m11/s1. The number of hydrogen-bond donors (Lipinski definition) is 0. The van der Waals surface area contributed by atoms with Gasteiger partial charge in [0.25, 0.3) is 0 Å². The summed E-state index contributed by atoms with van der Waals surface area (Å²) in [6.07, 6.45) is 36.3. The zero-order chi connectivity index (χ0) is 44.8. The van der Waals surface area contributed by atoms with E-state index in [2.05, 4.69) is 122 Å². The molecule has 5 saturated carbocycles. The summed E-state index contributed by atoms with van der Waals surface area (Å²) in [7, 11) is 9.03. The van der Waals surface area contributed by atoms with Crippen LogP contribution < -0.4 is 0 Å². The van der Waals surface area contributed by atoms with E-state index in [0.717, 1.165) is 17.8 Å². The first-order valence-corrected chi connectivity index (χ1v) is 26.7. The number of benzene rings is 2. The lowest BCUT2D eigenvalue weighted by Crippen LogP contribution is -2.62. The van der Waals surface area contributed by atoms with Crippen LogP contribution in [-0.2, 0) is 9.47 Å². The van der Waals surface area contributed by atoms with Gasteiger partial charge in [-0.2, -0.15) is 0 Å². The van der Waals surface area contributed by atoms with Crippen molar-refractivity contribution >= 4 is 21.5 Å². The van der Waals surface area contributed by atoms with E-state index < -0.39 is 0 Å². The molecule has 8 fully saturated rings. The van der Waals surface area contributed by atoms with E-state index in [9.17, 15) is 0 Å². The number of ether oxygens (including phenoxy) is 2. The molecule has 0 radical (unpaired) electrons. The Balaban J connectivity index is 0.000000132. The highest BCUT2D eigenvalue weighted by Crippen LogP contribution is 2.73. The van der Waals surface area contributed by atoms with Gasteiger partial charge in [-0.05, 0) is 247 Å². The molecule has 4 aromatic rings. The van der Waals surface area contributed by atoms with E-state index in [1.54, 1.807) is 11.1 Å². The normalized spacial score (nSPS) is 43.8. The molecule has 14 atom stereocenters. The van der Waals surface area contributed by atoms with E-state index in [1.807, 2.05) is 24.8 Å². The Morgan fingerprint density at radius 3 is 1.98 bits per heavy atom. The molecular formula is C60H76N4O2. The minimum Gasteiger partial charge on any atom is -0.368 e. The maximum absolute atomic E-state index is 7.56. The highest BCUT2D eigenvalue weighted by atomic mass is 16.5. The molecule has 4 spiro atoms. The second kappa shape index (κ2) is 15.0. The number of nitrogens with zero attached hydrogens (tertiary/aromatic N) is 4. The highest BCUT2D eigenvalue weighted by molar-refractivity contribution is 5.83. The van der Waals surface area contributed by atoms with Crippen molar-refractivity contribution in [1.82, 2.24) is 19.8 Å². The van der Waals surface area contributed by atoms with Crippen LogP contribution >= 0.6 is 0 Å². The van der Waals surface area contributed by atoms with Crippen LogP contribution in [0.15, 0.2) is 96.6 Å². The Bertz CT molecular complexity index is 2640. The number of hydrogen-bond acceptors (Lipinski definition) is 6. The Morgan fingerprint density at radius 2 is 1.27 bits per heavy atom. The third-order valence-corrected chi connectivity index (χ3v) is 22.0. The number of aromatic nitrogens is 2. The molecule has 14 rings (SSSR count). The van der Waals surface area contributed by atoms with Crippen LogP contribution in [0.1, 0.15) is 152 Å². The van der Waals surface area contributed by atoms with Gasteiger partial charge in [0.1, 0.15) is 0 Å². The Morgan fingerprint density at radius 1 is 0.591 bits per heavy atom. The minimum atomic E-state index is -0.0577. The number of fused-ring (bicyclic) bond motifs is 4. The third-order valence-electron chi connectivity index (χ3n) is 22.0. The smallest absolute Gasteiger partial charge is 0.0974 e. The van der Waals surface area contributed by atoms with Crippen molar-refractivity contribution in [2.24, 2.45) is 34.5 Å². The topological polar surface area (TPSA) is 50.7 Å². The van der Waals surface area contributed by atoms with Gasteiger partial charge in [0.05, 0.1) is 22.4 Å². The van der Waals surface area contributed by atoms with Gasteiger partial charge in [-0.15, -0.1) is 0 Å². The van der Waals surface area contributed by atoms with Crippen molar-refractivity contribution in [1.29, 1.82) is 0 Å². The predicted molar refractivity (Wildman–Crippen MR) is 266 cm³/mol. The van der Waals surface area contributed by atoms with Crippen LogP contribution in [0.3, 0.4) is 0 Å². The van der Waals surface area contributed by atoms with Crippen molar-refractivity contribution in [2.45, 2.75) is 176 Å². The fourth-order valence-corrected chi connectivity index (χ4v) is 18.6. The summed E-state index contributed by atoms with van der Waals surface area (Å²) >= 11 is 0. The first kappa shape index (κ1) is 42.7. The zero-order valence-electron chi connectivity index (χ0n) is 41.0. The zero-order valence-corrected chi connectivity index (χ0v) is 41.0. The van der Waals surface area contributed by atoms with Gasteiger partial charge in [0.15, 0.2) is 0 Å². The maximum Gasteiger partial charge on any atom is 0.0974 e. The molecule has 4 aliphatic heterocycles. The molecular weight excluding hydrogens is 809 g/mol. The summed E-state index contributed by atoms with van der Waals surface area (Å²) in [4.78, 5) is 13.7. The molecule has 0 amide bonds. The van der Waals surface area contributed by atoms with Crippen LogP contribution in [0.4, 0.5) is 0 Å². The van der Waals surface area contributed by atoms with Crippen molar-refractivity contribution in [3.05, 3.63) is 108 Å². The molecule has 66 heavy (non-hydrogen) atoms. The molecule has 3 saturated heterocycles. The highest BCUT2D eigenvalue weighted by Gasteiger charge is 2.71. The van der Waals surface area contributed by atoms with Crippen molar-refractivity contribution in [3.63, 3.8) is 0 Å². The van der Waals surface area contributed by atoms with E-state index >= 15 is 0 Å². The van der Waals surface area contributed by atoms with Gasteiger partial charge < -0.3 is 19.3 Å².